The van der Waals surface area contributed by atoms with Gasteiger partial charge in [-0.15, -0.1) is 0 Å². The van der Waals surface area contributed by atoms with Crippen LogP contribution in [0.2, 0.25) is 0 Å². The van der Waals surface area contributed by atoms with Crippen LogP contribution in [0.25, 0.3) is 0 Å². The Morgan fingerprint density at radius 3 is 2.52 bits per heavy atom. The Bertz CT molecular complexity index is 483. The highest BCUT2D eigenvalue weighted by Gasteiger charge is 2.24. The predicted octanol–water partition coefficient (Wildman–Crippen LogP) is 1.91. The van der Waals surface area contributed by atoms with Crippen LogP contribution in [0.1, 0.15) is 42.5 Å². The molecule has 21 heavy (non-hydrogen) atoms. The maximum absolute atomic E-state index is 12.3. The summed E-state index contributed by atoms with van der Waals surface area (Å²) in [5.74, 6) is -0.456. The van der Waals surface area contributed by atoms with Gasteiger partial charge in [-0.1, -0.05) is 19.3 Å². The fourth-order valence-corrected chi connectivity index (χ4v) is 2.99. The second-order valence-corrected chi connectivity index (χ2v) is 5.61. The van der Waals surface area contributed by atoms with Crippen molar-refractivity contribution in [3.8, 4) is 11.5 Å². The summed E-state index contributed by atoms with van der Waals surface area (Å²) in [7, 11) is 0. The van der Waals surface area contributed by atoms with Crippen molar-refractivity contribution in [2.45, 2.75) is 38.1 Å². The Labute approximate surface area is 124 Å². The third kappa shape index (κ3) is 4.19. The molecular formula is C16H23NO4. The minimum Gasteiger partial charge on any atom is -0.508 e. The van der Waals surface area contributed by atoms with E-state index >= 15 is 0 Å². The lowest BCUT2D eigenvalue weighted by Gasteiger charge is -2.33. The number of aliphatic hydroxyl groups excluding tert-OH is 1. The van der Waals surface area contributed by atoms with Gasteiger partial charge in [0.05, 0.1) is 18.7 Å². The predicted molar refractivity (Wildman–Crippen MR) is 79.6 cm³/mol. The molecule has 2 rings (SSSR count). The number of Topliss-reactive ketones (excluding diaryl/α,β-unsaturated/α-hetero) is 1. The van der Waals surface area contributed by atoms with Crippen molar-refractivity contribution in [3.63, 3.8) is 0 Å². The average Bonchev–Trinajstić information content (AvgIpc) is 2.47. The largest absolute Gasteiger partial charge is 0.508 e. The summed E-state index contributed by atoms with van der Waals surface area (Å²) in [6.45, 7) is 0.671. The van der Waals surface area contributed by atoms with E-state index in [0.717, 1.165) is 25.7 Å². The van der Waals surface area contributed by atoms with Gasteiger partial charge in [0.15, 0.2) is 5.78 Å². The maximum atomic E-state index is 12.3. The number of phenols is 2. The minimum absolute atomic E-state index is 0.0192. The highest BCUT2D eigenvalue weighted by atomic mass is 16.3. The van der Waals surface area contributed by atoms with Crippen molar-refractivity contribution < 1.29 is 20.1 Å². The van der Waals surface area contributed by atoms with Gasteiger partial charge in [-0.3, -0.25) is 9.69 Å². The van der Waals surface area contributed by atoms with Crippen molar-refractivity contribution in [3.05, 3.63) is 23.8 Å². The van der Waals surface area contributed by atoms with Gasteiger partial charge in [0.25, 0.3) is 0 Å². The maximum Gasteiger partial charge on any atom is 0.180 e. The molecule has 0 aliphatic heterocycles. The Morgan fingerprint density at radius 1 is 1.19 bits per heavy atom. The van der Waals surface area contributed by atoms with Gasteiger partial charge in [0.1, 0.15) is 11.5 Å². The van der Waals surface area contributed by atoms with E-state index < -0.39 is 0 Å². The Kier molecular flexibility index (Phi) is 5.59. The van der Waals surface area contributed by atoms with Crippen LogP contribution < -0.4 is 0 Å². The lowest BCUT2D eigenvalue weighted by molar-refractivity contribution is 0.0812. The third-order valence-corrected chi connectivity index (χ3v) is 4.11. The zero-order valence-corrected chi connectivity index (χ0v) is 12.2. The topological polar surface area (TPSA) is 81.0 Å². The number of phenolic OH excluding ortho intramolecular Hbond substituents is 2. The quantitative estimate of drug-likeness (QED) is 0.698. The number of nitrogens with zero attached hydrogens (tertiary/aromatic N) is 1. The molecule has 0 amide bonds. The Balaban J connectivity index is 2.06. The zero-order valence-electron chi connectivity index (χ0n) is 12.2. The van der Waals surface area contributed by atoms with Crippen LogP contribution in [-0.4, -0.2) is 51.7 Å². The van der Waals surface area contributed by atoms with Crippen LogP contribution in [0.5, 0.6) is 11.5 Å². The number of aliphatic hydroxyl groups is 1. The summed E-state index contributed by atoms with van der Waals surface area (Å²) in [5.41, 5.74) is 0.214. The SMILES string of the molecule is O=C(CN(CCO)C1CCCCC1)c1ccc(O)cc1O. The highest BCUT2D eigenvalue weighted by molar-refractivity contribution is 6.00. The van der Waals surface area contributed by atoms with E-state index in [1.807, 2.05) is 4.90 Å². The molecule has 1 fully saturated rings. The number of rotatable bonds is 6. The molecule has 1 aliphatic rings. The van der Waals surface area contributed by atoms with Gasteiger partial charge in [-0.2, -0.15) is 0 Å². The number of carbonyl (C=O) groups excluding carboxylic acids is 1. The second-order valence-electron chi connectivity index (χ2n) is 5.61. The smallest absolute Gasteiger partial charge is 0.180 e. The van der Waals surface area contributed by atoms with Crippen LogP contribution in [0.4, 0.5) is 0 Å². The fourth-order valence-electron chi connectivity index (χ4n) is 2.99. The summed E-state index contributed by atoms with van der Waals surface area (Å²) in [6, 6.07) is 4.33. The molecule has 0 heterocycles. The molecule has 1 saturated carbocycles. The number of hydrogen-bond donors (Lipinski definition) is 3. The van der Waals surface area contributed by atoms with Crippen LogP contribution >= 0.6 is 0 Å². The second kappa shape index (κ2) is 7.43. The van der Waals surface area contributed by atoms with Crippen LogP contribution in [0, 0.1) is 0 Å². The molecule has 0 atom stereocenters. The van der Waals surface area contributed by atoms with Gasteiger partial charge in [0, 0.05) is 18.7 Å². The van der Waals surface area contributed by atoms with Gasteiger partial charge in [-0.05, 0) is 25.0 Å². The molecule has 0 spiro atoms. The first kappa shape index (κ1) is 15.8. The van der Waals surface area contributed by atoms with E-state index in [9.17, 15) is 20.1 Å². The molecule has 5 nitrogen and oxygen atoms in total. The van der Waals surface area contributed by atoms with E-state index in [1.165, 1.54) is 24.6 Å². The molecule has 5 heteroatoms. The molecule has 0 saturated heterocycles. The lowest BCUT2D eigenvalue weighted by atomic mass is 9.93. The van der Waals surface area contributed by atoms with Gasteiger partial charge < -0.3 is 15.3 Å². The van der Waals surface area contributed by atoms with Crippen molar-refractivity contribution in [1.82, 2.24) is 4.90 Å². The summed E-state index contributed by atoms with van der Waals surface area (Å²) in [5, 5.41) is 28.2. The van der Waals surface area contributed by atoms with E-state index in [1.54, 1.807) is 0 Å². The number of ketones is 1. The minimum atomic E-state index is -0.201. The Hall–Kier alpha value is -1.59. The molecule has 0 unspecified atom stereocenters. The van der Waals surface area contributed by atoms with Crippen LogP contribution in [0.3, 0.4) is 0 Å². The summed E-state index contributed by atoms with van der Waals surface area (Å²) < 4.78 is 0. The number of aromatic hydroxyl groups is 2. The third-order valence-electron chi connectivity index (χ3n) is 4.11. The highest BCUT2D eigenvalue weighted by Crippen LogP contribution is 2.25. The number of carbonyl (C=O) groups is 1. The molecule has 1 aromatic rings. The van der Waals surface area contributed by atoms with E-state index in [-0.39, 0.29) is 36.0 Å². The standard InChI is InChI=1S/C16H23NO4/c18-9-8-17(12-4-2-1-3-5-12)11-16(21)14-7-6-13(19)10-15(14)20/h6-7,10,12,18-20H,1-5,8-9,11H2. The molecule has 3 N–H and O–H groups in total. The molecule has 1 aliphatic carbocycles. The first-order chi connectivity index (χ1) is 10.1. The summed E-state index contributed by atoms with van der Waals surface area (Å²) in [6.07, 6.45) is 5.65. The summed E-state index contributed by atoms with van der Waals surface area (Å²) >= 11 is 0. The van der Waals surface area contributed by atoms with Crippen molar-refractivity contribution in [2.75, 3.05) is 19.7 Å². The molecule has 0 aromatic heterocycles. The number of hydrogen-bond acceptors (Lipinski definition) is 5. The molecule has 0 radical (unpaired) electrons. The summed E-state index contributed by atoms with van der Waals surface area (Å²) in [4.78, 5) is 14.3. The van der Waals surface area contributed by atoms with Crippen molar-refractivity contribution >= 4 is 5.78 Å². The normalized spacial score (nSPS) is 16.3. The van der Waals surface area contributed by atoms with Gasteiger partial charge >= 0.3 is 0 Å². The Morgan fingerprint density at radius 2 is 1.90 bits per heavy atom. The monoisotopic (exact) mass is 293 g/mol. The van der Waals surface area contributed by atoms with Gasteiger partial charge in [0.2, 0.25) is 0 Å². The first-order valence-electron chi connectivity index (χ1n) is 7.52. The van der Waals surface area contributed by atoms with Crippen LogP contribution in [-0.2, 0) is 0 Å². The molecular weight excluding hydrogens is 270 g/mol. The molecule has 116 valence electrons. The first-order valence-corrected chi connectivity index (χ1v) is 7.52. The van der Waals surface area contributed by atoms with E-state index in [2.05, 4.69) is 0 Å². The molecule has 0 bridgehead atoms. The van der Waals surface area contributed by atoms with E-state index in [0.29, 0.717) is 12.6 Å². The lowest BCUT2D eigenvalue weighted by Crippen LogP contribution is -2.42. The van der Waals surface area contributed by atoms with Crippen molar-refractivity contribution in [2.24, 2.45) is 0 Å². The number of benzene rings is 1. The van der Waals surface area contributed by atoms with Crippen molar-refractivity contribution in [1.29, 1.82) is 0 Å². The average molecular weight is 293 g/mol. The molecule has 1 aromatic carbocycles. The fraction of sp³-hybridized carbons (Fsp3) is 0.562. The van der Waals surface area contributed by atoms with Crippen LogP contribution in [0.15, 0.2) is 18.2 Å². The zero-order chi connectivity index (χ0) is 15.2. The van der Waals surface area contributed by atoms with Gasteiger partial charge in [-0.25, -0.2) is 0 Å². The van der Waals surface area contributed by atoms with E-state index in [4.69, 9.17) is 0 Å².